The number of nitrogens with one attached hydrogen (secondary N) is 1. The second kappa shape index (κ2) is 8.37. The Balaban J connectivity index is 1.61. The average molecular weight is 386 g/mol. The van der Waals surface area contributed by atoms with Crippen molar-refractivity contribution in [2.24, 2.45) is 0 Å². The summed E-state index contributed by atoms with van der Waals surface area (Å²) in [6.07, 6.45) is 2.16. The molecular formula is C20H22N2O4S. The molecule has 142 valence electrons. The minimum absolute atomic E-state index is 0.182. The molecule has 1 aliphatic rings. The third-order valence-corrected chi connectivity index (χ3v) is 5.80. The van der Waals surface area contributed by atoms with Gasteiger partial charge in [-0.15, -0.1) is 0 Å². The van der Waals surface area contributed by atoms with Gasteiger partial charge in [0.05, 0.1) is 19.2 Å². The number of carbonyl (C=O) groups is 1. The van der Waals surface area contributed by atoms with Gasteiger partial charge in [-0.3, -0.25) is 4.79 Å². The normalized spacial score (nSPS) is 16.7. The Morgan fingerprint density at radius 1 is 1.19 bits per heavy atom. The van der Waals surface area contributed by atoms with Crippen LogP contribution in [-0.2, 0) is 14.8 Å². The molecule has 2 aromatic rings. The van der Waals surface area contributed by atoms with Crippen LogP contribution in [0, 0.1) is 0 Å². The molecule has 1 amide bonds. The quantitative estimate of drug-likeness (QED) is 0.828. The Labute approximate surface area is 159 Å². The van der Waals surface area contributed by atoms with Crippen LogP contribution in [0.3, 0.4) is 0 Å². The van der Waals surface area contributed by atoms with Gasteiger partial charge < -0.3 is 10.1 Å². The van der Waals surface area contributed by atoms with Crippen molar-refractivity contribution >= 4 is 22.0 Å². The molecule has 2 aromatic carbocycles. The van der Waals surface area contributed by atoms with E-state index in [1.54, 1.807) is 12.1 Å². The lowest BCUT2D eigenvalue weighted by atomic mass is 10.0. The summed E-state index contributed by atoms with van der Waals surface area (Å²) in [5, 5.41) is 4.01. The Hall–Kier alpha value is -2.64. The van der Waals surface area contributed by atoms with E-state index in [1.807, 2.05) is 42.5 Å². The zero-order valence-corrected chi connectivity index (χ0v) is 15.9. The number of carbonyl (C=O) groups excluding carboxylic acids is 1. The lowest BCUT2D eigenvalue weighted by Gasteiger charge is -2.27. The number of hydrogen-bond acceptors (Lipinski definition) is 4. The first kappa shape index (κ1) is 19.1. The monoisotopic (exact) mass is 386 g/mol. The van der Waals surface area contributed by atoms with E-state index in [1.165, 1.54) is 13.1 Å². The van der Waals surface area contributed by atoms with Crippen LogP contribution >= 0.6 is 0 Å². The van der Waals surface area contributed by atoms with Crippen molar-refractivity contribution in [1.82, 2.24) is 9.62 Å². The highest BCUT2D eigenvalue weighted by molar-refractivity contribution is 7.92. The number of ether oxygens (including phenoxy) is 1. The largest absolute Gasteiger partial charge is 0.493 e. The topological polar surface area (TPSA) is 75.7 Å². The molecule has 0 saturated heterocycles. The summed E-state index contributed by atoms with van der Waals surface area (Å²) in [6.45, 7) is 0.261. The molecule has 0 radical (unpaired) electrons. The molecule has 7 heteroatoms. The highest BCUT2D eigenvalue weighted by Gasteiger charge is 2.24. The summed E-state index contributed by atoms with van der Waals surface area (Å²) in [6, 6.07) is 16.5. The van der Waals surface area contributed by atoms with Crippen LogP contribution in [0.4, 0.5) is 0 Å². The molecule has 1 heterocycles. The summed E-state index contributed by atoms with van der Waals surface area (Å²) in [5.74, 6) is 0.400. The number of fused-ring (bicyclic) bond motifs is 1. The fraction of sp³-hybridized carbons (Fsp3) is 0.250. The molecule has 0 spiro atoms. The minimum Gasteiger partial charge on any atom is -0.493 e. The maximum Gasteiger partial charge on any atom is 0.236 e. The molecule has 0 fully saturated rings. The van der Waals surface area contributed by atoms with Gasteiger partial charge in [-0.1, -0.05) is 48.5 Å². The second-order valence-electron chi connectivity index (χ2n) is 6.31. The highest BCUT2D eigenvalue weighted by atomic mass is 32.2. The van der Waals surface area contributed by atoms with Gasteiger partial charge in [-0.2, -0.15) is 4.31 Å². The molecule has 6 nitrogen and oxygen atoms in total. The molecule has 1 N–H and O–H groups in total. The van der Waals surface area contributed by atoms with Crippen LogP contribution in [0.15, 0.2) is 60.0 Å². The predicted octanol–water partition coefficient (Wildman–Crippen LogP) is 2.56. The summed E-state index contributed by atoms with van der Waals surface area (Å²) in [5.41, 5.74) is 1.68. The summed E-state index contributed by atoms with van der Waals surface area (Å²) in [4.78, 5) is 12.4. The van der Waals surface area contributed by atoms with Gasteiger partial charge >= 0.3 is 0 Å². The van der Waals surface area contributed by atoms with Crippen LogP contribution in [-0.4, -0.2) is 38.8 Å². The van der Waals surface area contributed by atoms with Crippen molar-refractivity contribution < 1.29 is 17.9 Å². The van der Waals surface area contributed by atoms with E-state index in [0.717, 1.165) is 26.6 Å². The summed E-state index contributed by atoms with van der Waals surface area (Å²) in [7, 11) is -2.30. The summed E-state index contributed by atoms with van der Waals surface area (Å²) < 4.78 is 31.4. The zero-order chi connectivity index (χ0) is 19.3. The van der Waals surface area contributed by atoms with Crippen molar-refractivity contribution in [2.45, 2.75) is 12.5 Å². The molecule has 0 saturated carbocycles. The first-order valence-electron chi connectivity index (χ1n) is 8.66. The lowest BCUT2D eigenvalue weighted by molar-refractivity contribution is -0.122. The summed E-state index contributed by atoms with van der Waals surface area (Å²) >= 11 is 0. The van der Waals surface area contributed by atoms with Gasteiger partial charge in [0.15, 0.2) is 0 Å². The maximum atomic E-state index is 12.4. The van der Waals surface area contributed by atoms with Crippen LogP contribution in [0.5, 0.6) is 5.75 Å². The Morgan fingerprint density at radius 2 is 1.89 bits per heavy atom. The predicted molar refractivity (Wildman–Crippen MR) is 104 cm³/mol. The zero-order valence-electron chi connectivity index (χ0n) is 15.0. The average Bonchev–Trinajstić information content (AvgIpc) is 2.67. The van der Waals surface area contributed by atoms with Gasteiger partial charge in [0.2, 0.25) is 15.9 Å². The molecule has 0 aromatic heterocycles. The molecule has 3 rings (SSSR count). The van der Waals surface area contributed by atoms with Crippen LogP contribution in [0.1, 0.15) is 23.6 Å². The molecular weight excluding hydrogens is 364 g/mol. The second-order valence-corrected chi connectivity index (χ2v) is 8.23. The third-order valence-electron chi connectivity index (χ3n) is 4.33. The molecule has 0 unspecified atom stereocenters. The van der Waals surface area contributed by atoms with E-state index in [9.17, 15) is 13.2 Å². The standard InChI is InChI=1S/C20H22N2O4S/c1-22(27(24,25)14-12-16-7-3-2-4-8-16)15-20(23)21-18-11-13-26-19-10-6-5-9-17(18)19/h2-10,12,14,18H,11,13,15H2,1H3,(H,21,23)/b14-12+/t18-/m0/s1. The van der Waals surface area contributed by atoms with E-state index >= 15 is 0 Å². The smallest absolute Gasteiger partial charge is 0.236 e. The molecule has 1 atom stereocenters. The molecule has 0 aliphatic carbocycles. The van der Waals surface area contributed by atoms with Crippen molar-refractivity contribution in [2.75, 3.05) is 20.2 Å². The Kier molecular flexibility index (Phi) is 5.93. The molecule has 0 bridgehead atoms. The van der Waals surface area contributed by atoms with Crippen molar-refractivity contribution in [3.63, 3.8) is 0 Å². The number of rotatable bonds is 6. The van der Waals surface area contributed by atoms with Gasteiger partial charge in [0.25, 0.3) is 0 Å². The number of hydrogen-bond donors (Lipinski definition) is 1. The van der Waals surface area contributed by atoms with Gasteiger partial charge in [-0.25, -0.2) is 8.42 Å². The van der Waals surface area contributed by atoms with Gasteiger partial charge in [0.1, 0.15) is 5.75 Å². The minimum atomic E-state index is -3.69. The first-order valence-corrected chi connectivity index (χ1v) is 10.2. The number of benzene rings is 2. The maximum absolute atomic E-state index is 12.4. The molecule has 1 aliphatic heterocycles. The number of nitrogens with zero attached hydrogens (tertiary/aromatic N) is 1. The number of para-hydroxylation sites is 1. The van der Waals surface area contributed by atoms with Crippen LogP contribution < -0.4 is 10.1 Å². The third kappa shape index (κ3) is 4.96. The molecule has 27 heavy (non-hydrogen) atoms. The van der Waals surface area contributed by atoms with E-state index in [-0.39, 0.29) is 18.5 Å². The number of sulfonamides is 1. The van der Waals surface area contributed by atoms with Crippen molar-refractivity contribution in [3.05, 3.63) is 71.1 Å². The number of amides is 1. The van der Waals surface area contributed by atoms with Crippen molar-refractivity contribution in [1.29, 1.82) is 0 Å². The van der Waals surface area contributed by atoms with Crippen LogP contribution in [0.25, 0.3) is 6.08 Å². The van der Waals surface area contributed by atoms with E-state index in [2.05, 4.69) is 5.32 Å². The van der Waals surface area contributed by atoms with Gasteiger partial charge in [-0.05, 0) is 17.7 Å². The van der Waals surface area contributed by atoms with E-state index in [0.29, 0.717) is 13.0 Å². The fourth-order valence-corrected chi connectivity index (χ4v) is 3.69. The first-order chi connectivity index (χ1) is 13.0. The SMILES string of the molecule is CN(CC(=O)N[C@H]1CCOc2ccccc21)S(=O)(=O)/C=C/c1ccccc1. The highest BCUT2D eigenvalue weighted by Crippen LogP contribution is 2.31. The van der Waals surface area contributed by atoms with Gasteiger partial charge in [0, 0.05) is 24.4 Å². The van der Waals surface area contributed by atoms with E-state index in [4.69, 9.17) is 4.74 Å². The van der Waals surface area contributed by atoms with E-state index < -0.39 is 10.0 Å². The Bertz CT molecular complexity index is 926. The number of likely N-dealkylation sites (N-methyl/N-ethyl adjacent to an activating group) is 1. The van der Waals surface area contributed by atoms with Crippen LogP contribution in [0.2, 0.25) is 0 Å². The lowest BCUT2D eigenvalue weighted by Crippen LogP contribution is -2.40. The van der Waals surface area contributed by atoms with Crippen molar-refractivity contribution in [3.8, 4) is 5.75 Å². The Morgan fingerprint density at radius 3 is 2.67 bits per heavy atom. The fourth-order valence-electron chi connectivity index (χ4n) is 2.86.